The monoisotopic (exact) mass is 571 g/mol. The lowest BCUT2D eigenvalue weighted by Crippen LogP contribution is -2.39. The number of likely N-dealkylation sites (tertiary alicyclic amines) is 1. The molecule has 4 nitrogen and oxygen atoms in total. The van der Waals surface area contributed by atoms with E-state index in [-0.39, 0.29) is 23.8 Å². The lowest BCUT2D eigenvalue weighted by atomic mass is 9.78. The first-order valence-electron chi connectivity index (χ1n) is 15.8. The molecule has 1 N–H and O–H groups in total. The SMILES string of the molecule is CCC(CC(CC(CC(C)c1cccc2ccccc12)c1cccc2cc3ccccc3cc12)N1CCCC1=O)C(=O)O. The van der Waals surface area contributed by atoms with Gasteiger partial charge in [0, 0.05) is 19.0 Å². The smallest absolute Gasteiger partial charge is 0.306 e. The first-order chi connectivity index (χ1) is 20.9. The highest BCUT2D eigenvalue weighted by Crippen LogP contribution is 2.41. The van der Waals surface area contributed by atoms with Crippen LogP contribution in [-0.4, -0.2) is 34.5 Å². The van der Waals surface area contributed by atoms with Crippen LogP contribution in [0.15, 0.2) is 97.1 Å². The summed E-state index contributed by atoms with van der Waals surface area (Å²) >= 11 is 0. The largest absolute Gasteiger partial charge is 0.481 e. The van der Waals surface area contributed by atoms with Gasteiger partial charge in [0.2, 0.25) is 5.91 Å². The third-order valence-corrected chi connectivity index (χ3v) is 9.72. The minimum absolute atomic E-state index is 0.114. The van der Waals surface area contributed by atoms with Crippen LogP contribution in [0.2, 0.25) is 0 Å². The molecule has 220 valence electrons. The minimum atomic E-state index is -0.767. The highest BCUT2D eigenvalue weighted by atomic mass is 16.4. The molecule has 1 heterocycles. The zero-order valence-electron chi connectivity index (χ0n) is 25.2. The Bertz CT molecular complexity index is 1770. The third-order valence-electron chi connectivity index (χ3n) is 9.72. The standard InChI is InChI=1S/C39H41NO3/c1-3-27(39(42)43)23-33(40-20-10-19-38(40)41)24-32(21-26(2)34-17-8-14-28-11-6-7-16-35(28)34)36-18-9-15-31-22-29-12-4-5-13-30(29)25-37(31)36/h4-9,11-18,22,25-27,32-33H,3,10,19-21,23-24H2,1-2H3,(H,42,43). The Balaban J connectivity index is 1.45. The number of carboxylic acids is 1. The molecule has 1 fully saturated rings. The summed E-state index contributed by atoms with van der Waals surface area (Å²) in [4.78, 5) is 27.3. The van der Waals surface area contributed by atoms with E-state index in [0.29, 0.717) is 25.8 Å². The Kier molecular flexibility index (Phi) is 8.47. The molecule has 1 amide bonds. The van der Waals surface area contributed by atoms with E-state index in [1.807, 2.05) is 11.8 Å². The van der Waals surface area contributed by atoms with Gasteiger partial charge in [-0.15, -0.1) is 0 Å². The first-order valence-corrected chi connectivity index (χ1v) is 15.8. The van der Waals surface area contributed by atoms with E-state index in [2.05, 4.69) is 104 Å². The maximum Gasteiger partial charge on any atom is 0.306 e. The van der Waals surface area contributed by atoms with Crippen molar-refractivity contribution in [2.24, 2.45) is 5.92 Å². The van der Waals surface area contributed by atoms with Crippen molar-refractivity contribution in [2.45, 2.75) is 70.3 Å². The second kappa shape index (κ2) is 12.6. The molecule has 0 radical (unpaired) electrons. The number of aliphatic carboxylic acids is 1. The van der Waals surface area contributed by atoms with E-state index in [0.717, 1.165) is 19.3 Å². The maximum atomic E-state index is 13.1. The Morgan fingerprint density at radius 1 is 0.767 bits per heavy atom. The van der Waals surface area contributed by atoms with Crippen molar-refractivity contribution < 1.29 is 14.7 Å². The van der Waals surface area contributed by atoms with Crippen LogP contribution in [0.25, 0.3) is 32.3 Å². The van der Waals surface area contributed by atoms with Gasteiger partial charge >= 0.3 is 5.97 Å². The average Bonchev–Trinajstić information content (AvgIpc) is 3.46. The highest BCUT2D eigenvalue weighted by molar-refractivity contribution is 5.99. The Hall–Kier alpha value is -4.18. The maximum absolute atomic E-state index is 13.1. The molecule has 1 aliphatic rings. The van der Waals surface area contributed by atoms with Crippen molar-refractivity contribution in [3.63, 3.8) is 0 Å². The van der Waals surface area contributed by atoms with Crippen molar-refractivity contribution in [2.75, 3.05) is 6.54 Å². The van der Waals surface area contributed by atoms with Crippen LogP contribution in [0.5, 0.6) is 0 Å². The van der Waals surface area contributed by atoms with E-state index < -0.39 is 11.9 Å². The average molecular weight is 572 g/mol. The Morgan fingerprint density at radius 2 is 1.42 bits per heavy atom. The second-order valence-corrected chi connectivity index (χ2v) is 12.4. The first kappa shape index (κ1) is 28.9. The number of carboxylic acid groups (broad SMARTS) is 1. The topological polar surface area (TPSA) is 57.6 Å². The number of fused-ring (bicyclic) bond motifs is 3. The van der Waals surface area contributed by atoms with Crippen LogP contribution in [-0.2, 0) is 9.59 Å². The molecule has 43 heavy (non-hydrogen) atoms. The summed E-state index contributed by atoms with van der Waals surface area (Å²) in [6, 6.07) is 34.7. The molecular formula is C39H41NO3. The van der Waals surface area contributed by atoms with Crippen LogP contribution in [0.4, 0.5) is 0 Å². The fourth-order valence-electron chi connectivity index (χ4n) is 7.44. The van der Waals surface area contributed by atoms with Crippen molar-refractivity contribution in [1.82, 2.24) is 4.90 Å². The zero-order valence-corrected chi connectivity index (χ0v) is 25.2. The molecule has 4 heteroatoms. The number of carbonyl (C=O) groups excluding carboxylic acids is 1. The van der Waals surface area contributed by atoms with Gasteiger partial charge in [-0.2, -0.15) is 0 Å². The third kappa shape index (κ3) is 6.01. The molecule has 4 unspecified atom stereocenters. The molecule has 5 aromatic rings. The van der Waals surface area contributed by atoms with Gasteiger partial charge in [0.15, 0.2) is 0 Å². The van der Waals surface area contributed by atoms with Crippen molar-refractivity contribution in [3.8, 4) is 0 Å². The van der Waals surface area contributed by atoms with Crippen LogP contribution >= 0.6 is 0 Å². The lowest BCUT2D eigenvalue weighted by Gasteiger charge is -2.34. The molecular weight excluding hydrogens is 530 g/mol. The van der Waals surface area contributed by atoms with Crippen LogP contribution < -0.4 is 0 Å². The van der Waals surface area contributed by atoms with Gasteiger partial charge < -0.3 is 10.0 Å². The molecule has 0 aromatic heterocycles. The van der Waals surface area contributed by atoms with Crippen LogP contribution in [0.1, 0.15) is 75.3 Å². The number of benzene rings is 5. The minimum Gasteiger partial charge on any atom is -0.481 e. The van der Waals surface area contributed by atoms with Gasteiger partial charge in [0.1, 0.15) is 0 Å². The quantitative estimate of drug-likeness (QED) is 0.161. The summed E-state index contributed by atoms with van der Waals surface area (Å²) in [6.07, 6.45) is 4.10. The normalized spacial score (nSPS) is 16.5. The predicted octanol–water partition coefficient (Wildman–Crippen LogP) is 9.31. The molecule has 0 spiro atoms. The number of rotatable bonds is 11. The lowest BCUT2D eigenvalue weighted by molar-refractivity contribution is -0.143. The number of carbonyl (C=O) groups is 2. The fraction of sp³-hybridized carbons (Fsp3) is 0.333. The van der Waals surface area contributed by atoms with Gasteiger partial charge in [-0.25, -0.2) is 0 Å². The number of amides is 1. The summed E-state index contributed by atoms with van der Waals surface area (Å²) in [6.45, 7) is 4.97. The Morgan fingerprint density at radius 3 is 2.12 bits per heavy atom. The molecule has 6 rings (SSSR count). The molecule has 0 bridgehead atoms. The highest BCUT2D eigenvalue weighted by Gasteiger charge is 2.34. The Labute approximate surface area is 254 Å². The van der Waals surface area contributed by atoms with E-state index in [9.17, 15) is 14.7 Å². The van der Waals surface area contributed by atoms with Crippen molar-refractivity contribution >= 4 is 44.2 Å². The predicted molar refractivity (Wildman–Crippen MR) is 177 cm³/mol. The number of hydrogen-bond acceptors (Lipinski definition) is 2. The summed E-state index contributed by atoms with van der Waals surface area (Å²) in [5, 5.41) is 17.4. The van der Waals surface area contributed by atoms with E-state index in [4.69, 9.17) is 0 Å². The van der Waals surface area contributed by atoms with E-state index >= 15 is 0 Å². The fourth-order valence-corrected chi connectivity index (χ4v) is 7.44. The van der Waals surface area contributed by atoms with Gasteiger partial charge in [-0.1, -0.05) is 98.8 Å². The summed E-state index contributed by atoms with van der Waals surface area (Å²) in [5.41, 5.74) is 2.62. The molecule has 4 atom stereocenters. The van der Waals surface area contributed by atoms with Crippen LogP contribution in [0, 0.1) is 5.92 Å². The molecule has 5 aromatic carbocycles. The van der Waals surface area contributed by atoms with Gasteiger partial charge in [-0.05, 0) is 99.5 Å². The van der Waals surface area contributed by atoms with Crippen molar-refractivity contribution in [3.05, 3.63) is 108 Å². The van der Waals surface area contributed by atoms with Crippen molar-refractivity contribution in [1.29, 1.82) is 0 Å². The summed E-state index contributed by atoms with van der Waals surface area (Å²) in [7, 11) is 0. The summed E-state index contributed by atoms with van der Waals surface area (Å²) in [5.74, 6) is -0.663. The zero-order chi connectivity index (χ0) is 29.9. The number of hydrogen-bond donors (Lipinski definition) is 1. The van der Waals surface area contributed by atoms with Crippen LogP contribution in [0.3, 0.4) is 0 Å². The second-order valence-electron chi connectivity index (χ2n) is 12.4. The van der Waals surface area contributed by atoms with Gasteiger partial charge in [0.25, 0.3) is 0 Å². The van der Waals surface area contributed by atoms with E-state index in [1.165, 1.54) is 43.4 Å². The molecule has 0 saturated carbocycles. The van der Waals surface area contributed by atoms with E-state index in [1.54, 1.807) is 0 Å². The number of nitrogens with zero attached hydrogens (tertiary/aromatic N) is 1. The van der Waals surface area contributed by atoms with Gasteiger partial charge in [0.05, 0.1) is 5.92 Å². The molecule has 1 saturated heterocycles. The summed E-state index contributed by atoms with van der Waals surface area (Å²) < 4.78 is 0. The molecule has 1 aliphatic heterocycles. The van der Waals surface area contributed by atoms with Gasteiger partial charge in [-0.3, -0.25) is 9.59 Å². The molecule has 0 aliphatic carbocycles.